The number of alkyl halides is 1. The third-order valence-electron chi connectivity index (χ3n) is 4.97. The van der Waals surface area contributed by atoms with Crippen LogP contribution in [0.1, 0.15) is 33.4 Å². The molecule has 11 heteroatoms. The molecule has 0 aliphatic heterocycles. The Morgan fingerprint density at radius 2 is 2.15 bits per heavy atom. The molecule has 1 aromatic carbocycles. The number of nitrogens with one attached hydrogen (secondary N) is 2. The average molecular weight is 451 g/mol. The minimum atomic E-state index is -0.741. The van der Waals surface area contributed by atoms with Gasteiger partial charge in [0, 0.05) is 19.3 Å². The standard InChI is InChI=1S/C22H22FN7O3/c1-13-10-24-22(28-18-6-7-25-30(18)2)29-19(13)17-12-33-21(27-17)20(32)26-16(11-31)15-5-3-4-14(8-15)9-23/h3-8,10,12,16,31H,9,11H2,1-2H3,(H,26,32)(H,24,28,29)/t16-/m1/s1. The topological polar surface area (TPSA) is 131 Å². The van der Waals surface area contributed by atoms with Crippen molar-refractivity contribution in [2.24, 2.45) is 7.05 Å². The molecule has 0 spiro atoms. The fourth-order valence-electron chi connectivity index (χ4n) is 3.21. The van der Waals surface area contributed by atoms with Gasteiger partial charge in [0.15, 0.2) is 0 Å². The second kappa shape index (κ2) is 9.57. The molecule has 0 unspecified atom stereocenters. The van der Waals surface area contributed by atoms with Gasteiger partial charge in [-0.05, 0) is 23.6 Å². The number of hydrogen-bond donors (Lipinski definition) is 3. The lowest BCUT2D eigenvalue weighted by atomic mass is 10.0. The Morgan fingerprint density at radius 3 is 2.88 bits per heavy atom. The Hall–Kier alpha value is -4.12. The molecule has 0 aliphatic rings. The molecule has 170 valence electrons. The second-order valence-corrected chi connectivity index (χ2v) is 7.32. The van der Waals surface area contributed by atoms with E-state index in [9.17, 15) is 14.3 Å². The zero-order valence-corrected chi connectivity index (χ0v) is 18.0. The lowest BCUT2D eigenvalue weighted by Crippen LogP contribution is -2.31. The molecule has 0 fully saturated rings. The van der Waals surface area contributed by atoms with Crippen LogP contribution in [0.4, 0.5) is 16.2 Å². The monoisotopic (exact) mass is 451 g/mol. The summed E-state index contributed by atoms with van der Waals surface area (Å²) in [5, 5.41) is 19.5. The summed E-state index contributed by atoms with van der Waals surface area (Å²) in [6.07, 6.45) is 4.61. The summed E-state index contributed by atoms with van der Waals surface area (Å²) in [5.41, 5.74) is 2.61. The van der Waals surface area contributed by atoms with E-state index < -0.39 is 18.6 Å². The molecule has 1 amide bonds. The van der Waals surface area contributed by atoms with E-state index in [-0.39, 0.29) is 12.5 Å². The minimum absolute atomic E-state index is 0.191. The van der Waals surface area contributed by atoms with Crippen LogP contribution in [-0.2, 0) is 13.7 Å². The fourth-order valence-corrected chi connectivity index (χ4v) is 3.21. The molecule has 3 N–H and O–H groups in total. The van der Waals surface area contributed by atoms with Crippen LogP contribution >= 0.6 is 0 Å². The minimum Gasteiger partial charge on any atom is -0.440 e. The number of hydrogen-bond acceptors (Lipinski definition) is 8. The number of carbonyl (C=O) groups is 1. The predicted molar refractivity (Wildman–Crippen MR) is 117 cm³/mol. The molecule has 33 heavy (non-hydrogen) atoms. The summed E-state index contributed by atoms with van der Waals surface area (Å²) in [6, 6.07) is 7.61. The van der Waals surface area contributed by atoms with Gasteiger partial charge in [0.05, 0.1) is 18.8 Å². The number of aliphatic hydroxyl groups excluding tert-OH is 1. The van der Waals surface area contributed by atoms with E-state index >= 15 is 0 Å². The molecule has 0 aliphatic carbocycles. The van der Waals surface area contributed by atoms with E-state index in [2.05, 4.69) is 30.7 Å². The van der Waals surface area contributed by atoms with E-state index in [0.29, 0.717) is 34.3 Å². The maximum absolute atomic E-state index is 13.0. The normalized spacial score (nSPS) is 11.9. The predicted octanol–water partition coefficient (Wildman–Crippen LogP) is 2.85. The summed E-state index contributed by atoms with van der Waals surface area (Å²) >= 11 is 0. The molecular formula is C22H22FN7O3. The van der Waals surface area contributed by atoms with Crippen molar-refractivity contribution in [1.82, 2.24) is 30.0 Å². The summed E-state index contributed by atoms with van der Waals surface area (Å²) in [5.74, 6) is 0.230. The SMILES string of the molecule is Cc1cnc(Nc2ccnn2C)nc1-c1coc(C(=O)N[C@H](CO)c2cccc(CF)c2)n1. The lowest BCUT2D eigenvalue weighted by Gasteiger charge is -2.16. The van der Waals surface area contributed by atoms with Gasteiger partial charge in [0.1, 0.15) is 30.1 Å². The molecule has 1 atom stereocenters. The molecule has 4 aromatic rings. The van der Waals surface area contributed by atoms with Gasteiger partial charge in [-0.15, -0.1) is 0 Å². The van der Waals surface area contributed by atoms with Crippen molar-refractivity contribution < 1.29 is 18.7 Å². The molecule has 4 rings (SSSR count). The van der Waals surface area contributed by atoms with Crippen LogP contribution in [0.25, 0.3) is 11.4 Å². The van der Waals surface area contributed by atoms with Crippen molar-refractivity contribution >= 4 is 17.7 Å². The van der Waals surface area contributed by atoms with E-state index in [4.69, 9.17) is 4.42 Å². The van der Waals surface area contributed by atoms with Gasteiger partial charge >= 0.3 is 5.91 Å². The first-order chi connectivity index (χ1) is 16.0. The van der Waals surface area contributed by atoms with E-state index in [1.165, 1.54) is 6.26 Å². The molecule has 0 saturated heterocycles. The number of aryl methyl sites for hydroxylation is 2. The van der Waals surface area contributed by atoms with Gasteiger partial charge < -0.3 is 20.2 Å². The fraction of sp³-hybridized carbons (Fsp3) is 0.227. The maximum Gasteiger partial charge on any atom is 0.307 e. The van der Waals surface area contributed by atoms with Crippen molar-refractivity contribution in [3.8, 4) is 11.4 Å². The van der Waals surface area contributed by atoms with Gasteiger partial charge in [0.2, 0.25) is 5.95 Å². The Kier molecular flexibility index (Phi) is 6.41. The number of oxazole rings is 1. The molecule has 3 heterocycles. The van der Waals surface area contributed by atoms with E-state index in [0.717, 1.165) is 5.56 Å². The Bertz CT molecular complexity index is 1270. The quantitative estimate of drug-likeness (QED) is 0.373. The van der Waals surface area contributed by atoms with Crippen LogP contribution in [-0.4, -0.2) is 42.4 Å². The van der Waals surface area contributed by atoms with Crippen molar-refractivity contribution in [2.75, 3.05) is 11.9 Å². The number of carbonyl (C=O) groups excluding carboxylic acids is 1. The highest BCUT2D eigenvalue weighted by molar-refractivity contribution is 5.90. The van der Waals surface area contributed by atoms with Crippen LogP contribution < -0.4 is 10.6 Å². The summed E-state index contributed by atoms with van der Waals surface area (Å²) in [6.45, 7) is 0.805. The Balaban J connectivity index is 1.53. The number of amides is 1. The first-order valence-electron chi connectivity index (χ1n) is 10.1. The molecule has 3 aromatic heterocycles. The van der Waals surface area contributed by atoms with Crippen LogP contribution in [0.3, 0.4) is 0 Å². The number of aromatic nitrogens is 5. The van der Waals surface area contributed by atoms with Crippen molar-refractivity contribution in [3.05, 3.63) is 71.6 Å². The lowest BCUT2D eigenvalue weighted by molar-refractivity contribution is 0.0881. The number of nitrogens with zero attached hydrogens (tertiary/aromatic N) is 5. The van der Waals surface area contributed by atoms with Gasteiger partial charge in [-0.3, -0.25) is 9.48 Å². The van der Waals surface area contributed by atoms with Crippen LogP contribution in [0, 0.1) is 6.92 Å². The molecule has 0 radical (unpaired) electrons. The molecule has 10 nitrogen and oxygen atoms in total. The van der Waals surface area contributed by atoms with E-state index in [1.807, 2.05) is 6.92 Å². The third-order valence-corrected chi connectivity index (χ3v) is 4.97. The highest BCUT2D eigenvalue weighted by atomic mass is 19.1. The molecule has 0 bridgehead atoms. The zero-order chi connectivity index (χ0) is 23.4. The first kappa shape index (κ1) is 22.1. The number of benzene rings is 1. The van der Waals surface area contributed by atoms with Gasteiger partial charge in [-0.25, -0.2) is 19.3 Å². The number of halogens is 1. The van der Waals surface area contributed by atoms with Crippen LogP contribution in [0.5, 0.6) is 0 Å². The highest BCUT2D eigenvalue weighted by Crippen LogP contribution is 2.23. The Morgan fingerprint density at radius 1 is 1.30 bits per heavy atom. The summed E-state index contributed by atoms with van der Waals surface area (Å²) in [4.78, 5) is 25.7. The van der Waals surface area contributed by atoms with E-state index in [1.54, 1.807) is 54.5 Å². The second-order valence-electron chi connectivity index (χ2n) is 7.32. The highest BCUT2D eigenvalue weighted by Gasteiger charge is 2.21. The largest absolute Gasteiger partial charge is 0.440 e. The zero-order valence-electron chi connectivity index (χ0n) is 18.0. The number of rotatable bonds is 8. The number of aliphatic hydroxyl groups is 1. The number of anilines is 2. The van der Waals surface area contributed by atoms with Crippen molar-refractivity contribution in [1.29, 1.82) is 0 Å². The van der Waals surface area contributed by atoms with Crippen LogP contribution in [0.15, 0.2) is 53.4 Å². The van der Waals surface area contributed by atoms with Gasteiger partial charge in [0.25, 0.3) is 5.89 Å². The van der Waals surface area contributed by atoms with Crippen molar-refractivity contribution in [3.63, 3.8) is 0 Å². The summed E-state index contributed by atoms with van der Waals surface area (Å²) in [7, 11) is 1.79. The van der Waals surface area contributed by atoms with Gasteiger partial charge in [-0.1, -0.05) is 24.3 Å². The Labute approximate surface area is 188 Å². The summed E-state index contributed by atoms with van der Waals surface area (Å²) < 4.78 is 20.0. The van der Waals surface area contributed by atoms with Crippen molar-refractivity contribution in [2.45, 2.75) is 19.6 Å². The van der Waals surface area contributed by atoms with Gasteiger partial charge in [-0.2, -0.15) is 5.10 Å². The molecule has 0 saturated carbocycles. The molecular weight excluding hydrogens is 429 g/mol. The average Bonchev–Trinajstić information content (AvgIpc) is 3.48. The first-order valence-corrected chi connectivity index (χ1v) is 10.1. The third kappa shape index (κ3) is 4.88. The smallest absolute Gasteiger partial charge is 0.307 e. The maximum atomic E-state index is 13.0. The van der Waals surface area contributed by atoms with Crippen LogP contribution in [0.2, 0.25) is 0 Å².